The van der Waals surface area contributed by atoms with E-state index < -0.39 is 10.0 Å². The second kappa shape index (κ2) is 4.86. The van der Waals surface area contributed by atoms with Gasteiger partial charge in [-0.3, -0.25) is 9.82 Å². The molecule has 0 amide bonds. The number of aromatic amines is 1. The topological polar surface area (TPSA) is 101 Å². The van der Waals surface area contributed by atoms with E-state index in [0.717, 1.165) is 0 Å². The van der Waals surface area contributed by atoms with Crippen molar-refractivity contribution in [2.45, 2.75) is 18.7 Å². The smallest absolute Gasteiger partial charge is 0.265 e. The largest absolute Gasteiger partial charge is 0.398 e. The molecule has 0 fully saturated rings. The van der Waals surface area contributed by atoms with Crippen LogP contribution in [0, 0.1) is 13.8 Å². The number of benzene rings is 1. The Balaban J connectivity index is 2.39. The lowest BCUT2D eigenvalue weighted by Gasteiger charge is -2.09. The molecular weight excluding hydrogens is 332 g/mol. The SMILES string of the molecule is Cc1n[nH]c(C)c1S(=O)(=O)Nc1ccc(Br)c(N)c1. The van der Waals surface area contributed by atoms with Gasteiger partial charge in [0, 0.05) is 10.2 Å². The van der Waals surface area contributed by atoms with Crippen molar-refractivity contribution in [3.63, 3.8) is 0 Å². The Morgan fingerprint density at radius 2 is 2.05 bits per heavy atom. The van der Waals surface area contributed by atoms with Crippen LogP contribution in [-0.4, -0.2) is 18.6 Å². The summed E-state index contributed by atoms with van der Waals surface area (Å²) in [5.41, 5.74) is 7.50. The van der Waals surface area contributed by atoms with Gasteiger partial charge < -0.3 is 5.73 Å². The molecule has 19 heavy (non-hydrogen) atoms. The molecule has 1 aromatic heterocycles. The second-order valence-corrected chi connectivity index (χ2v) is 6.58. The molecule has 6 nitrogen and oxygen atoms in total. The molecule has 0 saturated heterocycles. The highest BCUT2D eigenvalue weighted by Crippen LogP contribution is 2.26. The van der Waals surface area contributed by atoms with Gasteiger partial charge in [-0.15, -0.1) is 0 Å². The Kier molecular flexibility index (Phi) is 3.55. The van der Waals surface area contributed by atoms with E-state index in [1.807, 2.05) is 0 Å². The Morgan fingerprint density at radius 3 is 2.58 bits per heavy atom. The van der Waals surface area contributed by atoms with Gasteiger partial charge in [-0.2, -0.15) is 5.10 Å². The number of nitrogen functional groups attached to an aromatic ring is 1. The van der Waals surface area contributed by atoms with Crippen LogP contribution in [0.4, 0.5) is 11.4 Å². The first-order valence-corrected chi connectivity index (χ1v) is 7.68. The number of halogens is 1. The molecule has 1 aromatic carbocycles. The minimum atomic E-state index is -3.68. The van der Waals surface area contributed by atoms with Gasteiger partial charge in [0.2, 0.25) is 0 Å². The van der Waals surface area contributed by atoms with Gasteiger partial charge in [0.05, 0.1) is 17.1 Å². The number of rotatable bonds is 3. The molecule has 0 spiro atoms. The molecule has 2 rings (SSSR count). The molecule has 0 aliphatic rings. The van der Waals surface area contributed by atoms with E-state index in [2.05, 4.69) is 30.8 Å². The normalized spacial score (nSPS) is 11.5. The lowest BCUT2D eigenvalue weighted by atomic mass is 10.3. The predicted octanol–water partition coefficient (Wildman–Crippen LogP) is 2.17. The van der Waals surface area contributed by atoms with Crippen LogP contribution in [0.2, 0.25) is 0 Å². The number of aryl methyl sites for hydroxylation is 2. The molecule has 0 unspecified atom stereocenters. The Bertz CT molecular complexity index is 705. The van der Waals surface area contributed by atoms with Crippen LogP contribution in [0.1, 0.15) is 11.4 Å². The van der Waals surface area contributed by atoms with E-state index in [4.69, 9.17) is 5.73 Å². The standard InChI is InChI=1S/C11H13BrN4O2S/c1-6-11(7(2)15-14-6)19(17,18)16-8-3-4-9(12)10(13)5-8/h3-5,16H,13H2,1-2H3,(H,14,15). The predicted molar refractivity (Wildman–Crippen MR) is 77.4 cm³/mol. The number of anilines is 2. The molecule has 4 N–H and O–H groups in total. The van der Waals surface area contributed by atoms with Gasteiger partial charge >= 0.3 is 0 Å². The number of sulfonamides is 1. The van der Waals surface area contributed by atoms with Crippen LogP contribution in [0.15, 0.2) is 27.6 Å². The maximum Gasteiger partial charge on any atom is 0.265 e. The van der Waals surface area contributed by atoms with Crippen molar-refractivity contribution < 1.29 is 8.42 Å². The molecule has 102 valence electrons. The summed E-state index contributed by atoms with van der Waals surface area (Å²) in [6.45, 7) is 3.29. The monoisotopic (exact) mass is 344 g/mol. The minimum absolute atomic E-state index is 0.161. The number of nitrogens with two attached hydrogens (primary N) is 1. The number of H-pyrrole nitrogens is 1. The number of aromatic nitrogens is 2. The maximum atomic E-state index is 12.3. The van der Waals surface area contributed by atoms with Crippen molar-refractivity contribution in [2.75, 3.05) is 10.5 Å². The second-order valence-electron chi connectivity index (χ2n) is 4.10. The molecular formula is C11H13BrN4O2S. The molecule has 0 saturated carbocycles. The summed E-state index contributed by atoms with van der Waals surface area (Å²) >= 11 is 3.25. The van der Waals surface area contributed by atoms with Crippen LogP contribution in [0.3, 0.4) is 0 Å². The van der Waals surface area contributed by atoms with E-state index in [1.165, 1.54) is 0 Å². The minimum Gasteiger partial charge on any atom is -0.398 e. The van der Waals surface area contributed by atoms with Crippen LogP contribution in [0.25, 0.3) is 0 Å². The molecule has 0 aliphatic heterocycles. The third kappa shape index (κ3) is 2.74. The lowest BCUT2D eigenvalue weighted by molar-refractivity contribution is 0.600. The first-order valence-electron chi connectivity index (χ1n) is 5.40. The zero-order valence-corrected chi connectivity index (χ0v) is 12.8. The average molecular weight is 345 g/mol. The van der Waals surface area contributed by atoms with Crippen molar-refractivity contribution in [3.8, 4) is 0 Å². The highest BCUT2D eigenvalue weighted by Gasteiger charge is 2.22. The fraction of sp³-hybridized carbons (Fsp3) is 0.182. The highest BCUT2D eigenvalue weighted by molar-refractivity contribution is 9.10. The summed E-state index contributed by atoms with van der Waals surface area (Å²) in [6.07, 6.45) is 0. The van der Waals surface area contributed by atoms with Crippen LogP contribution < -0.4 is 10.5 Å². The third-order valence-electron chi connectivity index (χ3n) is 2.58. The molecule has 0 bridgehead atoms. The van der Waals surface area contributed by atoms with Crippen molar-refractivity contribution in [3.05, 3.63) is 34.1 Å². The van der Waals surface area contributed by atoms with Crippen molar-refractivity contribution in [1.29, 1.82) is 0 Å². The Hall–Kier alpha value is -1.54. The summed E-state index contributed by atoms with van der Waals surface area (Å²) in [4.78, 5) is 0.161. The van der Waals surface area contributed by atoms with E-state index >= 15 is 0 Å². The highest BCUT2D eigenvalue weighted by atomic mass is 79.9. The molecule has 0 radical (unpaired) electrons. The molecule has 8 heteroatoms. The van der Waals surface area contributed by atoms with Crippen LogP contribution in [-0.2, 0) is 10.0 Å². The summed E-state index contributed by atoms with van der Waals surface area (Å²) in [5, 5.41) is 6.53. The third-order valence-corrected chi connectivity index (χ3v) is 4.94. The zero-order valence-electron chi connectivity index (χ0n) is 10.4. The fourth-order valence-electron chi connectivity index (χ4n) is 1.75. The lowest BCUT2D eigenvalue weighted by Crippen LogP contribution is -2.14. The first kappa shape index (κ1) is 13.9. The number of hydrogen-bond acceptors (Lipinski definition) is 4. The summed E-state index contributed by atoms with van der Waals surface area (Å²) in [6, 6.07) is 4.86. The van der Waals surface area contributed by atoms with Crippen LogP contribution >= 0.6 is 15.9 Å². The number of hydrogen-bond donors (Lipinski definition) is 3. The van der Waals surface area contributed by atoms with Gasteiger partial charge in [-0.1, -0.05) is 0 Å². The van der Waals surface area contributed by atoms with Crippen molar-refractivity contribution in [1.82, 2.24) is 10.2 Å². The zero-order chi connectivity index (χ0) is 14.2. The Labute approximate surface area is 119 Å². The number of nitrogens with one attached hydrogen (secondary N) is 2. The Morgan fingerprint density at radius 1 is 1.37 bits per heavy atom. The van der Waals surface area contributed by atoms with Crippen LogP contribution in [0.5, 0.6) is 0 Å². The molecule has 2 aromatic rings. The van der Waals surface area contributed by atoms with E-state index in [-0.39, 0.29) is 4.90 Å². The van der Waals surface area contributed by atoms with Gasteiger partial charge in [0.25, 0.3) is 10.0 Å². The maximum absolute atomic E-state index is 12.3. The van der Waals surface area contributed by atoms with Gasteiger partial charge in [0.15, 0.2) is 0 Å². The average Bonchev–Trinajstić information content (AvgIpc) is 2.64. The van der Waals surface area contributed by atoms with Crippen molar-refractivity contribution in [2.24, 2.45) is 0 Å². The summed E-state index contributed by atoms with van der Waals surface area (Å²) in [7, 11) is -3.68. The molecule has 0 aliphatic carbocycles. The quantitative estimate of drug-likeness (QED) is 0.742. The van der Waals surface area contributed by atoms with E-state index in [1.54, 1.807) is 32.0 Å². The van der Waals surface area contributed by atoms with Gasteiger partial charge in [-0.25, -0.2) is 8.42 Å². The summed E-state index contributed by atoms with van der Waals surface area (Å²) in [5.74, 6) is 0. The molecule has 0 atom stereocenters. The van der Waals surface area contributed by atoms with E-state index in [0.29, 0.717) is 27.2 Å². The fourth-order valence-corrected chi connectivity index (χ4v) is 3.42. The van der Waals surface area contributed by atoms with Gasteiger partial charge in [-0.05, 0) is 48.0 Å². The number of nitrogens with zero attached hydrogens (tertiary/aromatic N) is 1. The van der Waals surface area contributed by atoms with Crippen molar-refractivity contribution >= 4 is 37.3 Å². The van der Waals surface area contributed by atoms with Gasteiger partial charge in [0.1, 0.15) is 4.90 Å². The first-order chi connectivity index (χ1) is 8.81. The van der Waals surface area contributed by atoms with E-state index in [9.17, 15) is 8.42 Å². The summed E-state index contributed by atoms with van der Waals surface area (Å²) < 4.78 is 27.7. The molecule has 1 heterocycles.